The number of rotatable bonds is 9. The molecule has 1 atom stereocenters. The molecule has 120 valence electrons. The predicted octanol–water partition coefficient (Wildman–Crippen LogP) is 2.98. The summed E-state index contributed by atoms with van der Waals surface area (Å²) in [4.78, 5) is 10.9. The van der Waals surface area contributed by atoms with E-state index >= 15 is 0 Å². The van der Waals surface area contributed by atoms with Gasteiger partial charge in [-0.05, 0) is 26.2 Å². The van der Waals surface area contributed by atoms with Crippen LogP contribution in [0.2, 0.25) is 0 Å². The first kappa shape index (κ1) is 17.4. The number of nitrogens with one attached hydrogen (secondary N) is 1. The Kier molecular flexibility index (Phi) is 6.61. The van der Waals surface area contributed by atoms with E-state index in [1.807, 2.05) is 13.8 Å². The van der Waals surface area contributed by atoms with Gasteiger partial charge in [0, 0.05) is 13.2 Å². The molecule has 1 rings (SSSR count). The fourth-order valence-corrected chi connectivity index (χ4v) is 2.13. The summed E-state index contributed by atoms with van der Waals surface area (Å²) in [5.41, 5.74) is 0.500. The number of aromatic nitrogens is 2. The maximum atomic E-state index is 11.3. The third-order valence-corrected chi connectivity index (χ3v) is 3.34. The lowest BCUT2D eigenvalue weighted by molar-refractivity contribution is -0.384. The topological polar surface area (TPSA) is 82.2 Å². The molecule has 0 aliphatic rings. The van der Waals surface area contributed by atoms with Gasteiger partial charge in [-0.2, -0.15) is 5.10 Å². The maximum Gasteiger partial charge on any atom is 0.333 e. The molecule has 0 saturated heterocycles. The molecule has 1 aromatic rings. The monoisotopic (exact) mass is 298 g/mol. The Hall–Kier alpha value is -1.63. The van der Waals surface area contributed by atoms with Crippen LogP contribution in [0.15, 0.2) is 0 Å². The molecule has 1 heterocycles. The van der Waals surface area contributed by atoms with Crippen molar-refractivity contribution in [2.24, 2.45) is 5.92 Å². The van der Waals surface area contributed by atoms with Gasteiger partial charge in [-0.25, -0.2) is 4.68 Å². The lowest BCUT2D eigenvalue weighted by Crippen LogP contribution is -2.32. The van der Waals surface area contributed by atoms with Crippen molar-refractivity contribution in [3.63, 3.8) is 0 Å². The highest BCUT2D eigenvalue weighted by Crippen LogP contribution is 2.29. The molecule has 7 nitrogen and oxygen atoms in total. The van der Waals surface area contributed by atoms with E-state index in [0.717, 1.165) is 6.42 Å². The number of hydrogen-bond acceptors (Lipinski definition) is 5. The largest absolute Gasteiger partial charge is 0.380 e. The maximum absolute atomic E-state index is 11.3. The molecule has 0 amide bonds. The van der Waals surface area contributed by atoms with Gasteiger partial charge >= 0.3 is 5.69 Å². The van der Waals surface area contributed by atoms with Crippen molar-refractivity contribution in [1.82, 2.24) is 9.78 Å². The van der Waals surface area contributed by atoms with Crippen LogP contribution in [0.1, 0.15) is 39.8 Å². The van der Waals surface area contributed by atoms with Crippen molar-refractivity contribution in [3.8, 4) is 0 Å². The quantitative estimate of drug-likeness (QED) is 0.560. The van der Waals surface area contributed by atoms with E-state index in [4.69, 9.17) is 4.74 Å². The summed E-state index contributed by atoms with van der Waals surface area (Å²) >= 11 is 0. The molecule has 21 heavy (non-hydrogen) atoms. The summed E-state index contributed by atoms with van der Waals surface area (Å²) in [6.45, 7) is 11.5. The molecule has 0 spiro atoms. The van der Waals surface area contributed by atoms with Crippen molar-refractivity contribution < 1.29 is 9.66 Å². The van der Waals surface area contributed by atoms with Gasteiger partial charge in [-0.15, -0.1) is 0 Å². The zero-order valence-electron chi connectivity index (χ0n) is 13.5. The molecule has 0 saturated carbocycles. The van der Waals surface area contributed by atoms with Gasteiger partial charge in [0.2, 0.25) is 5.82 Å². The van der Waals surface area contributed by atoms with E-state index in [-0.39, 0.29) is 16.7 Å². The Morgan fingerprint density at radius 3 is 2.57 bits per heavy atom. The van der Waals surface area contributed by atoms with Crippen LogP contribution in [0.4, 0.5) is 11.5 Å². The van der Waals surface area contributed by atoms with Gasteiger partial charge in [-0.1, -0.05) is 20.8 Å². The average Bonchev–Trinajstić information content (AvgIpc) is 2.70. The van der Waals surface area contributed by atoms with E-state index in [1.54, 1.807) is 11.6 Å². The first-order valence-corrected chi connectivity index (χ1v) is 7.48. The molecule has 0 aliphatic heterocycles. The van der Waals surface area contributed by atoms with Gasteiger partial charge in [0.15, 0.2) is 0 Å². The van der Waals surface area contributed by atoms with Crippen molar-refractivity contribution in [2.45, 2.75) is 53.6 Å². The van der Waals surface area contributed by atoms with E-state index in [9.17, 15) is 10.1 Å². The molecular weight excluding hydrogens is 272 g/mol. The van der Waals surface area contributed by atoms with Gasteiger partial charge in [0.25, 0.3) is 0 Å². The molecule has 1 N–H and O–H groups in total. The van der Waals surface area contributed by atoms with Crippen LogP contribution in [0, 0.1) is 23.0 Å². The van der Waals surface area contributed by atoms with Crippen LogP contribution in [0.5, 0.6) is 0 Å². The fourth-order valence-electron chi connectivity index (χ4n) is 2.13. The normalized spacial score (nSPS) is 12.7. The second kappa shape index (κ2) is 7.97. The number of ether oxygens (including phenoxy) is 1. The summed E-state index contributed by atoms with van der Waals surface area (Å²) in [6, 6.07) is 0.00959. The Bertz CT molecular complexity index is 471. The highest BCUT2D eigenvalue weighted by molar-refractivity contribution is 5.60. The third-order valence-electron chi connectivity index (χ3n) is 3.34. The number of aryl methyl sites for hydroxylation is 2. The zero-order valence-corrected chi connectivity index (χ0v) is 13.5. The third kappa shape index (κ3) is 4.42. The average molecular weight is 298 g/mol. The summed E-state index contributed by atoms with van der Waals surface area (Å²) in [7, 11) is 0. The Labute approximate surface area is 125 Å². The van der Waals surface area contributed by atoms with Crippen LogP contribution < -0.4 is 5.32 Å². The Balaban J connectivity index is 3.09. The smallest absolute Gasteiger partial charge is 0.333 e. The first-order valence-electron chi connectivity index (χ1n) is 7.48. The highest BCUT2D eigenvalue weighted by Gasteiger charge is 2.27. The summed E-state index contributed by atoms with van der Waals surface area (Å²) in [5, 5.41) is 18.9. The van der Waals surface area contributed by atoms with E-state index < -0.39 is 0 Å². The molecule has 7 heteroatoms. The molecular formula is C14H26N4O3. The molecule has 0 bridgehead atoms. The van der Waals surface area contributed by atoms with Crippen LogP contribution in [0.25, 0.3) is 0 Å². The van der Waals surface area contributed by atoms with Crippen LogP contribution in [-0.2, 0) is 11.3 Å². The molecule has 0 aliphatic carbocycles. The van der Waals surface area contributed by atoms with E-state index in [0.29, 0.717) is 37.2 Å². The van der Waals surface area contributed by atoms with Gasteiger partial charge in [-0.3, -0.25) is 10.1 Å². The predicted molar refractivity (Wildman–Crippen MR) is 82.7 cm³/mol. The number of nitrogens with zero attached hydrogens (tertiary/aromatic N) is 3. The van der Waals surface area contributed by atoms with Crippen molar-refractivity contribution in [2.75, 3.05) is 18.5 Å². The van der Waals surface area contributed by atoms with Crippen LogP contribution >= 0.6 is 0 Å². The lowest BCUT2D eigenvalue weighted by Gasteiger charge is -2.23. The van der Waals surface area contributed by atoms with Gasteiger partial charge in [0.1, 0.15) is 5.69 Å². The van der Waals surface area contributed by atoms with Gasteiger partial charge < -0.3 is 10.1 Å². The zero-order chi connectivity index (χ0) is 16.0. The van der Waals surface area contributed by atoms with Crippen LogP contribution in [-0.4, -0.2) is 34.0 Å². The molecule has 1 unspecified atom stereocenters. The minimum atomic E-state index is -0.366. The van der Waals surface area contributed by atoms with Gasteiger partial charge in [0.05, 0.1) is 17.6 Å². The number of hydrogen-bond donors (Lipinski definition) is 1. The van der Waals surface area contributed by atoms with Crippen LogP contribution in [0.3, 0.4) is 0 Å². The van der Waals surface area contributed by atoms with E-state index in [1.165, 1.54) is 0 Å². The molecule has 0 fully saturated rings. The Morgan fingerprint density at radius 1 is 1.43 bits per heavy atom. The number of nitro groups is 1. The minimum Gasteiger partial charge on any atom is -0.380 e. The Morgan fingerprint density at radius 2 is 2.10 bits per heavy atom. The second-order valence-electron chi connectivity index (χ2n) is 5.42. The SMILES string of the molecule is CCCn1nc(C)c([N+](=O)[O-])c1NC(COCC)C(C)C. The minimum absolute atomic E-state index is 0.00959. The molecule has 0 aromatic carbocycles. The first-order chi connectivity index (χ1) is 9.92. The summed E-state index contributed by atoms with van der Waals surface area (Å²) in [6.07, 6.45) is 0.866. The summed E-state index contributed by atoms with van der Waals surface area (Å²) in [5.74, 6) is 0.777. The summed E-state index contributed by atoms with van der Waals surface area (Å²) < 4.78 is 7.16. The standard InChI is InChI=1S/C14H26N4O3/c1-6-8-17-14(13(18(19)20)11(5)16-17)15-12(10(3)4)9-21-7-2/h10,12,15H,6-9H2,1-5H3. The highest BCUT2D eigenvalue weighted by atomic mass is 16.6. The van der Waals surface area contributed by atoms with Crippen molar-refractivity contribution in [3.05, 3.63) is 15.8 Å². The second-order valence-corrected chi connectivity index (χ2v) is 5.42. The number of anilines is 1. The lowest BCUT2D eigenvalue weighted by atomic mass is 10.1. The fraction of sp³-hybridized carbons (Fsp3) is 0.786. The van der Waals surface area contributed by atoms with Crippen molar-refractivity contribution >= 4 is 11.5 Å². The van der Waals surface area contributed by atoms with Crippen molar-refractivity contribution in [1.29, 1.82) is 0 Å². The molecule has 0 radical (unpaired) electrons. The molecule has 1 aromatic heterocycles. The van der Waals surface area contributed by atoms with E-state index in [2.05, 4.69) is 24.3 Å².